The molecule has 1 amide bonds. The van der Waals surface area contributed by atoms with E-state index in [1.807, 2.05) is 55.1 Å². The van der Waals surface area contributed by atoms with E-state index in [-0.39, 0.29) is 10.8 Å². The van der Waals surface area contributed by atoms with Crippen LogP contribution in [-0.2, 0) is 14.8 Å². The quantitative estimate of drug-likeness (QED) is 0.468. The Labute approximate surface area is 212 Å². The number of ether oxygens (including phenoxy) is 1. The van der Waals surface area contributed by atoms with Gasteiger partial charge in [0.2, 0.25) is 15.9 Å². The average Bonchev–Trinajstić information content (AvgIpc) is 2.90. The number of hydrogen-bond acceptors (Lipinski definition) is 7. The molecule has 0 unspecified atom stereocenters. The minimum absolute atomic E-state index is 0.0835. The van der Waals surface area contributed by atoms with Crippen molar-refractivity contribution in [3.8, 4) is 17.0 Å². The highest BCUT2D eigenvalue weighted by Crippen LogP contribution is 2.24. The molecule has 0 atom stereocenters. The second-order valence-electron chi connectivity index (χ2n) is 8.45. The van der Waals surface area contributed by atoms with Crippen LogP contribution in [0.3, 0.4) is 0 Å². The lowest BCUT2D eigenvalue weighted by molar-refractivity contribution is -0.116. The summed E-state index contributed by atoms with van der Waals surface area (Å²) in [7, 11) is -3.63. The van der Waals surface area contributed by atoms with Crippen molar-refractivity contribution in [1.29, 1.82) is 0 Å². The van der Waals surface area contributed by atoms with Crippen LogP contribution < -0.4 is 15.0 Å². The molecule has 2 heterocycles. The number of amides is 1. The molecule has 0 spiro atoms. The van der Waals surface area contributed by atoms with E-state index >= 15 is 0 Å². The van der Waals surface area contributed by atoms with Crippen molar-refractivity contribution in [2.24, 2.45) is 0 Å². The second kappa shape index (κ2) is 11.5. The highest BCUT2D eigenvalue weighted by molar-refractivity contribution is 7.89. The minimum Gasteiger partial charge on any atom is -0.494 e. The van der Waals surface area contributed by atoms with Crippen molar-refractivity contribution in [2.75, 3.05) is 43.0 Å². The molecule has 1 aliphatic heterocycles. The third-order valence-corrected chi connectivity index (χ3v) is 7.84. The van der Waals surface area contributed by atoms with Crippen LogP contribution in [0, 0.1) is 0 Å². The van der Waals surface area contributed by atoms with Gasteiger partial charge in [-0.2, -0.15) is 4.31 Å². The zero-order valence-electron chi connectivity index (χ0n) is 20.6. The SMILES string of the molecule is CCCC(=O)Nc1ccc(S(=O)(=O)N2CCN(c3ccc(-c4ccc(OCC)cc4)nn3)CC2)cc1. The number of carbonyl (C=O) groups excluding carboxylic acids is 1. The Balaban J connectivity index is 1.35. The summed E-state index contributed by atoms with van der Waals surface area (Å²) in [6.07, 6.45) is 1.18. The normalized spacial score (nSPS) is 14.4. The van der Waals surface area contributed by atoms with E-state index in [0.29, 0.717) is 50.7 Å². The predicted octanol–water partition coefficient (Wildman–Crippen LogP) is 3.79. The average molecular weight is 510 g/mol. The summed E-state index contributed by atoms with van der Waals surface area (Å²) in [6.45, 7) is 6.22. The van der Waals surface area contributed by atoms with Crippen LogP contribution >= 0.6 is 0 Å². The number of sulfonamides is 1. The predicted molar refractivity (Wildman–Crippen MR) is 140 cm³/mol. The Morgan fingerprint density at radius 1 is 0.917 bits per heavy atom. The molecule has 0 radical (unpaired) electrons. The summed E-state index contributed by atoms with van der Waals surface area (Å²) in [5.74, 6) is 1.45. The first-order valence-corrected chi connectivity index (χ1v) is 13.6. The van der Waals surface area contributed by atoms with Gasteiger partial charge in [0.05, 0.1) is 17.2 Å². The molecule has 0 saturated carbocycles. The number of nitrogens with zero attached hydrogens (tertiary/aromatic N) is 4. The topological polar surface area (TPSA) is 105 Å². The molecule has 1 saturated heterocycles. The van der Waals surface area contributed by atoms with Crippen LogP contribution in [0.4, 0.5) is 11.5 Å². The summed E-state index contributed by atoms with van der Waals surface area (Å²) >= 11 is 0. The van der Waals surface area contributed by atoms with Gasteiger partial charge in [0.15, 0.2) is 5.82 Å². The van der Waals surface area contributed by atoms with Crippen LogP contribution in [0.15, 0.2) is 65.6 Å². The fourth-order valence-corrected chi connectivity index (χ4v) is 5.43. The van der Waals surface area contributed by atoms with Crippen molar-refractivity contribution >= 4 is 27.4 Å². The zero-order chi connectivity index (χ0) is 25.5. The lowest BCUT2D eigenvalue weighted by atomic mass is 10.1. The first-order chi connectivity index (χ1) is 17.4. The Bertz CT molecular complexity index is 1260. The number of benzene rings is 2. The summed E-state index contributed by atoms with van der Waals surface area (Å²) in [5, 5.41) is 11.5. The van der Waals surface area contributed by atoms with Gasteiger partial charge < -0.3 is 15.0 Å². The molecule has 2 aromatic carbocycles. The Hall–Kier alpha value is -3.50. The highest BCUT2D eigenvalue weighted by atomic mass is 32.2. The molecule has 10 heteroatoms. The first-order valence-electron chi connectivity index (χ1n) is 12.1. The number of aromatic nitrogens is 2. The molecular formula is C26H31N5O4S. The number of carbonyl (C=O) groups is 1. The number of hydrogen-bond donors (Lipinski definition) is 1. The zero-order valence-corrected chi connectivity index (χ0v) is 21.4. The van der Waals surface area contributed by atoms with Gasteiger partial charge in [-0.25, -0.2) is 8.42 Å². The van der Waals surface area contributed by atoms with E-state index in [2.05, 4.69) is 15.5 Å². The third kappa shape index (κ3) is 6.00. The summed E-state index contributed by atoms with van der Waals surface area (Å²) in [5.41, 5.74) is 2.30. The smallest absolute Gasteiger partial charge is 0.243 e. The van der Waals surface area contributed by atoms with Gasteiger partial charge in [-0.15, -0.1) is 10.2 Å². The summed E-state index contributed by atoms with van der Waals surface area (Å²) in [4.78, 5) is 14.0. The van der Waals surface area contributed by atoms with Gasteiger partial charge in [0.25, 0.3) is 0 Å². The number of rotatable bonds is 9. The van der Waals surface area contributed by atoms with Crippen molar-refractivity contribution in [2.45, 2.75) is 31.6 Å². The Morgan fingerprint density at radius 3 is 2.19 bits per heavy atom. The van der Waals surface area contributed by atoms with Crippen LogP contribution in [0.1, 0.15) is 26.7 Å². The molecule has 36 heavy (non-hydrogen) atoms. The van der Waals surface area contributed by atoms with Gasteiger partial charge in [0.1, 0.15) is 5.75 Å². The molecular weight excluding hydrogens is 478 g/mol. The van der Waals surface area contributed by atoms with Crippen molar-refractivity contribution in [3.63, 3.8) is 0 Å². The van der Waals surface area contributed by atoms with Gasteiger partial charge in [-0.1, -0.05) is 6.92 Å². The number of anilines is 2. The lowest BCUT2D eigenvalue weighted by Crippen LogP contribution is -2.49. The maximum atomic E-state index is 13.1. The minimum atomic E-state index is -3.63. The number of piperazine rings is 1. The van der Waals surface area contributed by atoms with E-state index in [0.717, 1.165) is 23.4 Å². The Morgan fingerprint density at radius 2 is 1.61 bits per heavy atom. The molecule has 9 nitrogen and oxygen atoms in total. The monoisotopic (exact) mass is 509 g/mol. The summed E-state index contributed by atoms with van der Waals surface area (Å²) in [6, 6.07) is 17.9. The molecule has 190 valence electrons. The van der Waals surface area contributed by atoms with E-state index < -0.39 is 10.0 Å². The second-order valence-corrected chi connectivity index (χ2v) is 10.4. The van der Waals surface area contributed by atoms with E-state index in [1.165, 1.54) is 16.4 Å². The van der Waals surface area contributed by atoms with Gasteiger partial charge in [-0.3, -0.25) is 4.79 Å². The molecule has 1 N–H and O–H groups in total. The molecule has 1 aliphatic rings. The maximum Gasteiger partial charge on any atom is 0.243 e. The molecule has 0 bridgehead atoms. The van der Waals surface area contributed by atoms with Crippen molar-refractivity contribution < 1.29 is 17.9 Å². The maximum absolute atomic E-state index is 13.1. The van der Waals surface area contributed by atoms with Crippen LogP contribution in [0.2, 0.25) is 0 Å². The fraction of sp³-hybridized carbons (Fsp3) is 0.346. The summed E-state index contributed by atoms with van der Waals surface area (Å²) < 4.78 is 33.2. The largest absolute Gasteiger partial charge is 0.494 e. The molecule has 1 fully saturated rings. The molecule has 3 aromatic rings. The Kier molecular flexibility index (Phi) is 8.17. The van der Waals surface area contributed by atoms with E-state index in [9.17, 15) is 13.2 Å². The van der Waals surface area contributed by atoms with E-state index in [1.54, 1.807) is 12.1 Å². The lowest BCUT2D eigenvalue weighted by Gasteiger charge is -2.34. The van der Waals surface area contributed by atoms with Crippen LogP contribution in [0.25, 0.3) is 11.3 Å². The molecule has 0 aliphatic carbocycles. The van der Waals surface area contributed by atoms with Crippen LogP contribution in [-0.4, -0.2) is 61.6 Å². The van der Waals surface area contributed by atoms with Gasteiger partial charge >= 0.3 is 0 Å². The molecule has 4 rings (SSSR count). The number of nitrogens with one attached hydrogen (secondary N) is 1. The highest BCUT2D eigenvalue weighted by Gasteiger charge is 2.29. The van der Waals surface area contributed by atoms with Crippen molar-refractivity contribution in [1.82, 2.24) is 14.5 Å². The first kappa shape index (κ1) is 25.6. The fourth-order valence-electron chi connectivity index (χ4n) is 4.00. The van der Waals surface area contributed by atoms with Gasteiger partial charge in [-0.05, 0) is 74.0 Å². The van der Waals surface area contributed by atoms with E-state index in [4.69, 9.17) is 4.74 Å². The van der Waals surface area contributed by atoms with Crippen molar-refractivity contribution in [3.05, 3.63) is 60.7 Å². The standard InChI is InChI=1S/C26H31N5O4S/c1-3-5-26(32)27-21-8-12-23(13-9-21)36(33,34)31-18-16-30(17-19-31)25-15-14-24(28-29-25)20-6-10-22(11-7-20)35-4-2/h6-15H,3-5,16-19H2,1-2H3,(H,27,32). The van der Waals surface area contributed by atoms with Gasteiger partial charge in [0, 0.05) is 43.9 Å². The molecule has 1 aromatic heterocycles. The third-order valence-electron chi connectivity index (χ3n) is 5.93. The van der Waals surface area contributed by atoms with Crippen LogP contribution in [0.5, 0.6) is 5.75 Å².